The number of hydrogen-bond donors (Lipinski definition) is 2. The van der Waals surface area contributed by atoms with E-state index in [4.69, 9.17) is 4.42 Å². The van der Waals surface area contributed by atoms with Gasteiger partial charge < -0.3 is 14.8 Å². The highest BCUT2D eigenvalue weighted by molar-refractivity contribution is 7.17. The lowest BCUT2D eigenvalue weighted by Crippen LogP contribution is -2.27. The number of halogens is 1. The largest absolute Gasteiger partial charge is 0.467 e. The molecule has 0 bridgehead atoms. The number of hydrogen-bond acceptors (Lipinski definition) is 4. The molecule has 1 unspecified atom stereocenters. The molecule has 3 rings (SSSR count). The molecule has 1 atom stereocenters. The summed E-state index contributed by atoms with van der Waals surface area (Å²) >= 11 is 1.31. The normalized spacial score (nSPS) is 12.1. The van der Waals surface area contributed by atoms with E-state index in [2.05, 4.69) is 5.32 Å². The molecule has 0 fully saturated rings. The maximum atomic E-state index is 12.9. The highest BCUT2D eigenvalue weighted by Crippen LogP contribution is 2.28. The van der Waals surface area contributed by atoms with Crippen molar-refractivity contribution in [2.24, 2.45) is 0 Å². The van der Waals surface area contributed by atoms with Crippen molar-refractivity contribution in [1.82, 2.24) is 5.32 Å². The molecule has 6 heteroatoms. The number of thiophene rings is 1. The number of nitrogens with one attached hydrogen (secondary N) is 1. The Labute approximate surface area is 136 Å². The number of aliphatic hydroxyl groups excluding tert-OH is 1. The van der Waals surface area contributed by atoms with Crippen LogP contribution in [-0.4, -0.2) is 17.6 Å². The van der Waals surface area contributed by atoms with Crippen molar-refractivity contribution in [1.29, 1.82) is 0 Å². The minimum Gasteiger partial charge on any atom is -0.467 e. The molecule has 0 saturated heterocycles. The lowest BCUT2D eigenvalue weighted by Gasteiger charge is -2.08. The minimum atomic E-state index is -0.884. The van der Waals surface area contributed by atoms with Gasteiger partial charge in [-0.25, -0.2) is 4.39 Å². The second-order valence-electron chi connectivity index (χ2n) is 4.91. The Morgan fingerprint density at radius 3 is 2.70 bits per heavy atom. The van der Waals surface area contributed by atoms with Crippen LogP contribution >= 0.6 is 11.3 Å². The van der Waals surface area contributed by atoms with Crippen molar-refractivity contribution < 1.29 is 18.7 Å². The highest BCUT2D eigenvalue weighted by Gasteiger charge is 2.14. The highest BCUT2D eigenvalue weighted by atomic mass is 32.1. The fraction of sp³-hybridized carbons (Fsp3) is 0.118. The van der Waals surface area contributed by atoms with E-state index in [1.807, 2.05) is 6.07 Å². The second kappa shape index (κ2) is 6.76. The lowest BCUT2D eigenvalue weighted by atomic mass is 10.2. The van der Waals surface area contributed by atoms with Gasteiger partial charge in [0.05, 0.1) is 17.7 Å². The maximum absolute atomic E-state index is 12.9. The molecule has 0 radical (unpaired) electrons. The van der Waals surface area contributed by atoms with Crippen molar-refractivity contribution >= 4 is 17.2 Å². The standard InChI is InChI=1S/C17H14FNO3S/c18-12-5-3-11(4-6-12)15-7-8-16(23-15)17(21)19-10-13(20)14-2-1-9-22-14/h1-9,13,20H,10H2,(H,19,21). The average Bonchev–Trinajstić information content (AvgIpc) is 3.24. The van der Waals surface area contributed by atoms with Crippen LogP contribution in [0, 0.1) is 5.82 Å². The summed E-state index contributed by atoms with van der Waals surface area (Å²) in [5, 5.41) is 12.5. The quantitative estimate of drug-likeness (QED) is 0.751. The van der Waals surface area contributed by atoms with Crippen LogP contribution in [0.3, 0.4) is 0 Å². The summed E-state index contributed by atoms with van der Waals surface area (Å²) in [6.07, 6.45) is 0.583. The molecule has 2 heterocycles. The molecular formula is C17H14FNO3S. The number of benzene rings is 1. The second-order valence-corrected chi connectivity index (χ2v) is 6.00. The Kier molecular flexibility index (Phi) is 4.55. The maximum Gasteiger partial charge on any atom is 0.261 e. The summed E-state index contributed by atoms with van der Waals surface area (Å²) in [6, 6.07) is 13.0. The lowest BCUT2D eigenvalue weighted by molar-refractivity contribution is 0.0905. The average molecular weight is 331 g/mol. The number of carbonyl (C=O) groups is 1. The van der Waals surface area contributed by atoms with Gasteiger partial charge in [-0.3, -0.25) is 4.79 Å². The molecule has 0 saturated carbocycles. The fourth-order valence-corrected chi connectivity index (χ4v) is 3.02. The molecule has 118 valence electrons. The molecule has 2 N–H and O–H groups in total. The summed E-state index contributed by atoms with van der Waals surface area (Å²) in [5.74, 6) is -0.160. The van der Waals surface area contributed by atoms with Crippen molar-refractivity contribution in [3.8, 4) is 10.4 Å². The van der Waals surface area contributed by atoms with Gasteiger partial charge in [0.15, 0.2) is 0 Å². The van der Waals surface area contributed by atoms with Crippen LogP contribution in [0.15, 0.2) is 59.2 Å². The Morgan fingerprint density at radius 1 is 1.22 bits per heavy atom. The van der Waals surface area contributed by atoms with Gasteiger partial charge in [-0.1, -0.05) is 12.1 Å². The Bertz CT molecular complexity index is 781. The number of amides is 1. The molecule has 1 aromatic carbocycles. The minimum absolute atomic E-state index is 0.0656. The first-order valence-corrected chi connectivity index (χ1v) is 7.80. The first-order chi connectivity index (χ1) is 11.1. The number of carbonyl (C=O) groups excluding carboxylic acids is 1. The molecule has 0 aliphatic rings. The zero-order chi connectivity index (χ0) is 16.2. The van der Waals surface area contributed by atoms with Gasteiger partial charge >= 0.3 is 0 Å². The number of furan rings is 1. The molecule has 4 nitrogen and oxygen atoms in total. The van der Waals surface area contributed by atoms with Crippen molar-refractivity contribution in [2.45, 2.75) is 6.10 Å². The smallest absolute Gasteiger partial charge is 0.261 e. The summed E-state index contributed by atoms with van der Waals surface area (Å²) in [4.78, 5) is 13.5. The van der Waals surface area contributed by atoms with Crippen LogP contribution in [0.4, 0.5) is 4.39 Å². The summed E-state index contributed by atoms with van der Waals surface area (Å²) < 4.78 is 18.0. The zero-order valence-electron chi connectivity index (χ0n) is 12.0. The predicted molar refractivity (Wildman–Crippen MR) is 85.7 cm³/mol. The van der Waals surface area contributed by atoms with Crippen molar-refractivity contribution in [2.75, 3.05) is 6.54 Å². The number of aliphatic hydroxyl groups is 1. The Morgan fingerprint density at radius 2 is 2.00 bits per heavy atom. The van der Waals surface area contributed by atoms with Crippen LogP contribution < -0.4 is 5.32 Å². The van der Waals surface area contributed by atoms with Gasteiger partial charge in [-0.15, -0.1) is 11.3 Å². The molecule has 0 spiro atoms. The molecule has 0 aliphatic heterocycles. The topological polar surface area (TPSA) is 62.5 Å². The van der Waals surface area contributed by atoms with E-state index < -0.39 is 6.10 Å². The van der Waals surface area contributed by atoms with E-state index in [1.54, 1.807) is 30.3 Å². The molecular weight excluding hydrogens is 317 g/mol. The molecule has 2 aromatic heterocycles. The van der Waals surface area contributed by atoms with E-state index in [-0.39, 0.29) is 18.3 Å². The van der Waals surface area contributed by atoms with Gasteiger partial charge in [0.2, 0.25) is 0 Å². The fourth-order valence-electron chi connectivity index (χ4n) is 2.09. The van der Waals surface area contributed by atoms with E-state index in [0.717, 1.165) is 10.4 Å². The first-order valence-electron chi connectivity index (χ1n) is 6.99. The first kappa shape index (κ1) is 15.5. The molecule has 1 amide bonds. The van der Waals surface area contributed by atoms with Gasteiger partial charge in [0.1, 0.15) is 17.7 Å². The van der Waals surface area contributed by atoms with E-state index >= 15 is 0 Å². The predicted octanol–water partition coefficient (Wildman–Crippen LogP) is 3.61. The molecule has 0 aliphatic carbocycles. The molecule has 3 aromatic rings. The van der Waals surface area contributed by atoms with E-state index in [9.17, 15) is 14.3 Å². The van der Waals surface area contributed by atoms with Gasteiger partial charge in [0, 0.05) is 4.88 Å². The van der Waals surface area contributed by atoms with E-state index in [0.29, 0.717) is 10.6 Å². The summed E-state index contributed by atoms with van der Waals surface area (Å²) in [5.41, 5.74) is 0.853. The van der Waals surface area contributed by atoms with Crippen molar-refractivity contribution in [3.63, 3.8) is 0 Å². The third-order valence-corrected chi connectivity index (χ3v) is 4.42. The Hall–Kier alpha value is -2.44. The van der Waals surface area contributed by atoms with Crippen molar-refractivity contribution in [3.05, 3.63) is 71.2 Å². The van der Waals surface area contributed by atoms with Gasteiger partial charge in [-0.05, 0) is 42.0 Å². The summed E-state index contributed by atoms with van der Waals surface area (Å²) in [7, 11) is 0. The van der Waals surface area contributed by atoms with Crippen LogP contribution in [0.25, 0.3) is 10.4 Å². The monoisotopic (exact) mass is 331 g/mol. The van der Waals surface area contributed by atoms with Gasteiger partial charge in [-0.2, -0.15) is 0 Å². The van der Waals surface area contributed by atoms with E-state index in [1.165, 1.54) is 29.7 Å². The van der Waals surface area contributed by atoms with Crippen LogP contribution in [0.1, 0.15) is 21.5 Å². The third-order valence-electron chi connectivity index (χ3n) is 3.29. The zero-order valence-corrected chi connectivity index (χ0v) is 12.8. The SMILES string of the molecule is O=C(NCC(O)c1ccco1)c1ccc(-c2ccc(F)cc2)s1. The number of rotatable bonds is 5. The van der Waals surface area contributed by atoms with Gasteiger partial charge in [0.25, 0.3) is 5.91 Å². The van der Waals surface area contributed by atoms with Crippen LogP contribution in [0.5, 0.6) is 0 Å². The van der Waals surface area contributed by atoms with Crippen LogP contribution in [-0.2, 0) is 0 Å². The molecule has 23 heavy (non-hydrogen) atoms. The third kappa shape index (κ3) is 3.67. The Balaban J connectivity index is 1.63. The summed E-state index contributed by atoms with van der Waals surface area (Å²) in [6.45, 7) is 0.0656. The van der Waals surface area contributed by atoms with Crippen LogP contribution in [0.2, 0.25) is 0 Å².